The zero-order valence-corrected chi connectivity index (χ0v) is 18.3. The summed E-state index contributed by atoms with van der Waals surface area (Å²) in [4.78, 5) is 2.59. The van der Waals surface area contributed by atoms with E-state index in [2.05, 4.69) is 11.0 Å². The summed E-state index contributed by atoms with van der Waals surface area (Å²) < 4.78 is 39.6. The Kier molecular flexibility index (Phi) is 5.33. The fourth-order valence-electron chi connectivity index (χ4n) is 4.65. The van der Waals surface area contributed by atoms with Crippen molar-refractivity contribution in [2.75, 3.05) is 31.8 Å². The summed E-state index contributed by atoms with van der Waals surface area (Å²) in [5.74, 6) is 0.840. The highest BCUT2D eigenvalue weighted by Crippen LogP contribution is 2.38. The first-order valence-corrected chi connectivity index (χ1v) is 12.0. The van der Waals surface area contributed by atoms with E-state index in [9.17, 15) is 8.42 Å². The van der Waals surface area contributed by atoms with Crippen molar-refractivity contribution in [2.24, 2.45) is 0 Å². The number of ether oxygens (including phenoxy) is 2. The monoisotopic (exact) mass is 438 g/mol. The summed E-state index contributed by atoms with van der Waals surface area (Å²) in [6, 6.07) is 19.4. The maximum Gasteiger partial charge on any atom is 0.243 e. The summed E-state index contributed by atoms with van der Waals surface area (Å²) in [5.41, 5.74) is 2.18. The number of fused-ring (bicyclic) bond motifs is 2. The van der Waals surface area contributed by atoms with Gasteiger partial charge >= 0.3 is 0 Å². The number of benzene rings is 3. The largest absolute Gasteiger partial charge is 0.495 e. The Balaban J connectivity index is 1.35. The van der Waals surface area contributed by atoms with Crippen LogP contribution in [0.25, 0.3) is 10.8 Å². The first kappa shape index (κ1) is 20.3. The Morgan fingerprint density at radius 2 is 1.74 bits per heavy atom. The predicted octanol–water partition coefficient (Wildman–Crippen LogP) is 4.00. The molecule has 0 aliphatic carbocycles. The standard InChI is InChI=1S/C24H26N2O4S/c1-29-23-8-4-7-20-16-30-17-26(24(20)23)21-11-13-25(14-12-21)31(27,28)22-10-9-18-5-2-3-6-19(18)15-22/h2-10,15,21H,11-14,16-17H2,1H3. The van der Waals surface area contributed by atoms with Crippen LogP contribution >= 0.6 is 0 Å². The van der Waals surface area contributed by atoms with Crippen LogP contribution in [-0.2, 0) is 21.4 Å². The van der Waals surface area contributed by atoms with Crippen molar-refractivity contribution in [1.82, 2.24) is 4.31 Å². The molecule has 0 atom stereocenters. The second kappa shape index (κ2) is 8.15. The molecule has 3 aromatic carbocycles. The second-order valence-electron chi connectivity index (χ2n) is 8.06. The first-order chi connectivity index (χ1) is 15.1. The van der Waals surface area contributed by atoms with Gasteiger partial charge in [0.05, 0.1) is 24.3 Å². The number of sulfonamides is 1. The molecule has 0 unspecified atom stereocenters. The van der Waals surface area contributed by atoms with E-state index in [0.717, 1.165) is 40.6 Å². The van der Waals surface area contributed by atoms with Crippen LogP contribution in [0.4, 0.5) is 5.69 Å². The molecule has 0 aromatic heterocycles. The number of hydrogen-bond donors (Lipinski definition) is 0. The smallest absolute Gasteiger partial charge is 0.243 e. The number of rotatable bonds is 4. The molecular weight excluding hydrogens is 412 g/mol. The van der Waals surface area contributed by atoms with Gasteiger partial charge in [0.15, 0.2) is 0 Å². The van der Waals surface area contributed by atoms with Gasteiger partial charge in [0.2, 0.25) is 10.0 Å². The summed E-state index contributed by atoms with van der Waals surface area (Å²) >= 11 is 0. The molecule has 0 amide bonds. The zero-order valence-electron chi connectivity index (χ0n) is 17.5. The maximum atomic E-state index is 13.3. The van der Waals surface area contributed by atoms with Gasteiger partial charge in [-0.15, -0.1) is 0 Å². The summed E-state index contributed by atoms with van der Waals surface area (Å²) in [5, 5.41) is 1.98. The van der Waals surface area contributed by atoms with E-state index in [1.54, 1.807) is 23.5 Å². The fourth-order valence-corrected chi connectivity index (χ4v) is 6.16. The van der Waals surface area contributed by atoms with Crippen LogP contribution in [0.5, 0.6) is 5.75 Å². The van der Waals surface area contributed by atoms with Gasteiger partial charge in [-0.25, -0.2) is 8.42 Å². The first-order valence-electron chi connectivity index (χ1n) is 10.6. The van der Waals surface area contributed by atoms with Crippen LogP contribution in [-0.4, -0.2) is 45.7 Å². The van der Waals surface area contributed by atoms with Gasteiger partial charge < -0.3 is 14.4 Å². The van der Waals surface area contributed by atoms with Crippen LogP contribution < -0.4 is 9.64 Å². The number of piperidine rings is 1. The minimum atomic E-state index is -3.52. The van der Waals surface area contributed by atoms with E-state index in [1.807, 2.05) is 42.5 Å². The molecule has 0 spiro atoms. The average Bonchev–Trinajstić information content (AvgIpc) is 2.83. The molecule has 2 aliphatic heterocycles. The third kappa shape index (κ3) is 3.67. The molecule has 2 heterocycles. The highest BCUT2D eigenvalue weighted by Gasteiger charge is 2.34. The molecule has 5 rings (SSSR count). The SMILES string of the molecule is COc1cccc2c1N(C1CCN(S(=O)(=O)c3ccc4ccccc4c3)CC1)COC2. The summed E-state index contributed by atoms with van der Waals surface area (Å²) in [6.45, 7) is 2.04. The molecule has 2 aliphatic rings. The van der Waals surface area contributed by atoms with Gasteiger partial charge in [-0.2, -0.15) is 4.31 Å². The molecule has 0 bridgehead atoms. The third-order valence-corrected chi connectivity index (χ3v) is 8.20. The molecule has 0 radical (unpaired) electrons. The van der Waals surface area contributed by atoms with Crippen LogP contribution in [0.15, 0.2) is 65.6 Å². The lowest BCUT2D eigenvalue weighted by atomic mass is 10.0. The number of anilines is 1. The quantitative estimate of drug-likeness (QED) is 0.616. The number of hydrogen-bond acceptors (Lipinski definition) is 5. The van der Waals surface area contributed by atoms with Crippen LogP contribution in [0.2, 0.25) is 0 Å². The van der Waals surface area contributed by atoms with Crippen molar-refractivity contribution in [3.05, 3.63) is 66.2 Å². The van der Waals surface area contributed by atoms with E-state index >= 15 is 0 Å². The van der Waals surface area contributed by atoms with Crippen LogP contribution in [0.3, 0.4) is 0 Å². The molecule has 31 heavy (non-hydrogen) atoms. The molecule has 1 saturated heterocycles. The Bertz CT molecular complexity index is 1190. The van der Waals surface area contributed by atoms with Gasteiger partial charge in [-0.1, -0.05) is 42.5 Å². The third-order valence-electron chi connectivity index (χ3n) is 6.30. The Hall–Kier alpha value is -2.61. The van der Waals surface area contributed by atoms with Crippen molar-refractivity contribution < 1.29 is 17.9 Å². The molecule has 1 fully saturated rings. The van der Waals surface area contributed by atoms with Gasteiger partial charge in [0.25, 0.3) is 0 Å². The molecule has 0 saturated carbocycles. The topological polar surface area (TPSA) is 59.1 Å². The average molecular weight is 439 g/mol. The van der Waals surface area contributed by atoms with Crippen LogP contribution in [0.1, 0.15) is 18.4 Å². The van der Waals surface area contributed by atoms with Crippen LogP contribution in [0, 0.1) is 0 Å². The fraction of sp³-hybridized carbons (Fsp3) is 0.333. The Morgan fingerprint density at radius 3 is 2.52 bits per heavy atom. The van der Waals surface area contributed by atoms with E-state index in [-0.39, 0.29) is 6.04 Å². The molecule has 0 N–H and O–H groups in total. The lowest BCUT2D eigenvalue weighted by Crippen LogP contribution is -2.48. The normalized spacial score (nSPS) is 18.2. The van der Waals surface area contributed by atoms with E-state index < -0.39 is 10.0 Å². The van der Waals surface area contributed by atoms with E-state index in [1.165, 1.54) is 0 Å². The number of nitrogens with zero attached hydrogens (tertiary/aromatic N) is 2. The van der Waals surface area contributed by atoms with Crippen molar-refractivity contribution in [2.45, 2.75) is 30.4 Å². The van der Waals surface area contributed by atoms with Crippen molar-refractivity contribution in [3.8, 4) is 5.75 Å². The molecular formula is C24H26N2O4S. The van der Waals surface area contributed by atoms with E-state index in [0.29, 0.717) is 31.3 Å². The van der Waals surface area contributed by atoms with Gasteiger partial charge in [0, 0.05) is 24.7 Å². The second-order valence-corrected chi connectivity index (χ2v) is 10.00. The molecule has 3 aromatic rings. The lowest BCUT2D eigenvalue weighted by Gasteiger charge is -2.42. The Morgan fingerprint density at radius 1 is 0.968 bits per heavy atom. The van der Waals surface area contributed by atoms with Crippen molar-refractivity contribution in [3.63, 3.8) is 0 Å². The van der Waals surface area contributed by atoms with Crippen molar-refractivity contribution >= 4 is 26.5 Å². The lowest BCUT2D eigenvalue weighted by molar-refractivity contribution is 0.0979. The molecule has 162 valence electrons. The van der Waals surface area contributed by atoms with Crippen molar-refractivity contribution in [1.29, 1.82) is 0 Å². The minimum Gasteiger partial charge on any atom is -0.495 e. The summed E-state index contributed by atoms with van der Waals surface area (Å²) in [6.07, 6.45) is 1.49. The highest BCUT2D eigenvalue weighted by molar-refractivity contribution is 7.89. The molecule has 7 heteroatoms. The Labute approximate surface area is 183 Å². The predicted molar refractivity (Wildman–Crippen MR) is 121 cm³/mol. The molecule has 6 nitrogen and oxygen atoms in total. The van der Waals surface area contributed by atoms with Gasteiger partial charge in [-0.05, 0) is 41.8 Å². The maximum absolute atomic E-state index is 13.3. The summed E-state index contributed by atoms with van der Waals surface area (Å²) in [7, 11) is -1.84. The van der Waals surface area contributed by atoms with E-state index in [4.69, 9.17) is 9.47 Å². The number of para-hydroxylation sites is 1. The van der Waals surface area contributed by atoms with Gasteiger partial charge in [-0.3, -0.25) is 0 Å². The number of methoxy groups -OCH3 is 1. The zero-order chi connectivity index (χ0) is 21.4. The minimum absolute atomic E-state index is 0.207. The highest BCUT2D eigenvalue weighted by atomic mass is 32.2. The van der Waals surface area contributed by atoms with Gasteiger partial charge in [0.1, 0.15) is 12.5 Å².